The molecule has 0 amide bonds. The molecule has 0 spiro atoms. The minimum atomic E-state index is -4.31. The van der Waals surface area contributed by atoms with Crippen LogP contribution in [0, 0.1) is 0 Å². The zero-order chi connectivity index (χ0) is 26.5. The molecule has 5 nitrogen and oxygen atoms in total. The van der Waals surface area contributed by atoms with Gasteiger partial charge in [0.05, 0.1) is 11.2 Å². The van der Waals surface area contributed by atoms with Gasteiger partial charge in [-0.1, -0.05) is 30.3 Å². The predicted molar refractivity (Wildman–Crippen MR) is 143 cm³/mol. The van der Waals surface area contributed by atoms with E-state index in [-0.39, 0.29) is 0 Å². The van der Waals surface area contributed by atoms with Crippen LogP contribution in [0.3, 0.4) is 0 Å². The average Bonchev–Trinajstić information content (AvgIpc) is 2.88. The highest BCUT2D eigenvalue weighted by Crippen LogP contribution is 2.32. The minimum absolute atomic E-state index is 0.594. The largest absolute Gasteiger partial charge is 0.416 e. The fourth-order valence-electron chi connectivity index (χ4n) is 4.56. The summed E-state index contributed by atoms with van der Waals surface area (Å²) in [6.07, 6.45) is -0.480. The van der Waals surface area contributed by atoms with Gasteiger partial charge in [-0.25, -0.2) is 4.98 Å². The third-order valence-electron chi connectivity index (χ3n) is 6.80. The highest BCUT2D eigenvalue weighted by molar-refractivity contribution is 5.66. The first kappa shape index (κ1) is 26.9. The maximum atomic E-state index is 13.0. The van der Waals surface area contributed by atoms with E-state index >= 15 is 0 Å². The highest BCUT2D eigenvalue weighted by Gasteiger charge is 2.31. The van der Waals surface area contributed by atoms with Crippen LogP contribution in [0.4, 0.5) is 24.7 Å². The summed E-state index contributed by atoms with van der Waals surface area (Å²) in [5.41, 5.74) is 2.20. The lowest BCUT2D eigenvalue weighted by Crippen LogP contribution is -2.46. The van der Waals surface area contributed by atoms with Gasteiger partial charge >= 0.3 is 6.18 Å². The summed E-state index contributed by atoms with van der Waals surface area (Å²) in [6.45, 7) is 8.49. The minimum Gasteiger partial charge on any atom is -0.386 e. The molecular formula is C29H35F3N4O. The van der Waals surface area contributed by atoms with E-state index in [2.05, 4.69) is 15.2 Å². The van der Waals surface area contributed by atoms with Gasteiger partial charge in [0, 0.05) is 44.6 Å². The number of alkyl halides is 3. The molecule has 1 aliphatic heterocycles. The molecule has 4 rings (SSSR count). The molecule has 0 radical (unpaired) electrons. The van der Waals surface area contributed by atoms with Gasteiger partial charge in [-0.3, -0.25) is 4.90 Å². The molecule has 1 aromatic heterocycles. The van der Waals surface area contributed by atoms with E-state index in [4.69, 9.17) is 0 Å². The molecule has 1 saturated heterocycles. The number of aromatic nitrogens is 1. The summed E-state index contributed by atoms with van der Waals surface area (Å²) >= 11 is 0. The molecule has 0 atom stereocenters. The normalized spacial score (nSPS) is 15.1. The van der Waals surface area contributed by atoms with Gasteiger partial charge in [-0.2, -0.15) is 13.2 Å². The van der Waals surface area contributed by atoms with Crippen molar-refractivity contribution in [3.05, 3.63) is 78.0 Å². The molecule has 2 heterocycles. The number of aliphatic hydroxyl groups is 1. The molecule has 37 heavy (non-hydrogen) atoms. The van der Waals surface area contributed by atoms with Crippen molar-refractivity contribution in [1.82, 2.24) is 9.88 Å². The number of anilines is 2. The fourth-order valence-corrected chi connectivity index (χ4v) is 4.56. The lowest BCUT2D eigenvalue weighted by molar-refractivity contribution is -0.137. The molecule has 198 valence electrons. The molecule has 1 aliphatic rings. The molecule has 2 N–H and O–H groups in total. The summed E-state index contributed by atoms with van der Waals surface area (Å²) in [7, 11) is 0. The molecule has 2 aromatic carbocycles. The third-order valence-corrected chi connectivity index (χ3v) is 6.80. The van der Waals surface area contributed by atoms with Crippen molar-refractivity contribution in [2.45, 2.75) is 38.5 Å². The van der Waals surface area contributed by atoms with Crippen molar-refractivity contribution < 1.29 is 18.3 Å². The number of piperazine rings is 1. The van der Waals surface area contributed by atoms with Gasteiger partial charge < -0.3 is 15.3 Å². The number of benzene rings is 2. The maximum Gasteiger partial charge on any atom is 0.416 e. The number of hydrogen-bond donors (Lipinski definition) is 2. The molecule has 1 fully saturated rings. The van der Waals surface area contributed by atoms with Crippen molar-refractivity contribution in [3.63, 3.8) is 0 Å². The number of nitrogens with one attached hydrogen (secondary N) is 1. The van der Waals surface area contributed by atoms with Crippen molar-refractivity contribution >= 4 is 11.5 Å². The summed E-state index contributed by atoms with van der Waals surface area (Å²) in [4.78, 5) is 8.84. The first-order valence-corrected chi connectivity index (χ1v) is 12.8. The topological polar surface area (TPSA) is 51.6 Å². The number of unbranched alkanes of at least 4 members (excludes halogenated alkanes) is 1. The fraction of sp³-hybridized carbons (Fsp3) is 0.414. The highest BCUT2D eigenvalue weighted by atomic mass is 19.4. The molecule has 0 saturated carbocycles. The molecule has 0 aliphatic carbocycles. The van der Waals surface area contributed by atoms with Crippen LogP contribution in [0.5, 0.6) is 0 Å². The van der Waals surface area contributed by atoms with Gasteiger partial charge in [-0.05, 0) is 80.3 Å². The van der Waals surface area contributed by atoms with E-state index in [0.29, 0.717) is 5.69 Å². The van der Waals surface area contributed by atoms with Crippen molar-refractivity contribution in [3.8, 4) is 11.1 Å². The van der Waals surface area contributed by atoms with E-state index in [1.807, 2.05) is 41.3 Å². The third kappa shape index (κ3) is 7.46. The Labute approximate surface area is 216 Å². The van der Waals surface area contributed by atoms with Gasteiger partial charge in [-0.15, -0.1) is 0 Å². The number of pyridine rings is 1. The summed E-state index contributed by atoms with van der Waals surface area (Å²) in [5, 5.41) is 13.6. The number of nitrogens with zero attached hydrogens (tertiary/aromatic N) is 3. The molecular weight excluding hydrogens is 477 g/mol. The Balaban J connectivity index is 1.18. The van der Waals surface area contributed by atoms with Gasteiger partial charge in [0.25, 0.3) is 0 Å². The Hall–Kier alpha value is -3.10. The van der Waals surface area contributed by atoms with Crippen LogP contribution in [-0.4, -0.2) is 54.3 Å². The lowest BCUT2D eigenvalue weighted by Gasteiger charge is -2.36. The lowest BCUT2D eigenvalue weighted by atomic mass is 9.96. The second kappa shape index (κ2) is 11.5. The van der Waals surface area contributed by atoms with Gasteiger partial charge in [0.15, 0.2) is 0 Å². The SMILES string of the molecule is CC(C)(O)c1ccc(-c2ccnc(NCCCCN3CCN(c4cccc(C(F)(F)F)c4)CC3)c2)cc1. The van der Waals surface area contributed by atoms with Crippen molar-refractivity contribution in [2.24, 2.45) is 0 Å². The van der Waals surface area contributed by atoms with Crippen LogP contribution < -0.4 is 10.2 Å². The van der Waals surface area contributed by atoms with E-state index < -0.39 is 17.3 Å². The second-order valence-electron chi connectivity index (χ2n) is 10.1. The first-order chi connectivity index (χ1) is 17.6. The van der Waals surface area contributed by atoms with Gasteiger partial charge in [0.1, 0.15) is 5.82 Å². The Bertz CT molecular complexity index is 1150. The Morgan fingerprint density at radius 2 is 1.59 bits per heavy atom. The zero-order valence-electron chi connectivity index (χ0n) is 21.4. The monoisotopic (exact) mass is 512 g/mol. The quantitative estimate of drug-likeness (QED) is 0.344. The van der Waals surface area contributed by atoms with Crippen LogP contribution >= 0.6 is 0 Å². The second-order valence-corrected chi connectivity index (χ2v) is 10.1. The van der Waals surface area contributed by atoms with Crippen molar-refractivity contribution in [1.29, 1.82) is 0 Å². The summed E-state index contributed by atoms with van der Waals surface area (Å²) in [6, 6.07) is 17.5. The standard InChI is InChI=1S/C29H35F3N4O/c1-28(2,37)24-10-8-22(9-11-24)23-12-14-34-27(20-23)33-13-3-4-15-35-16-18-36(19-17-35)26-7-5-6-25(21-26)29(30,31)32/h5-12,14,20-21,37H,3-4,13,15-19H2,1-2H3,(H,33,34). The summed E-state index contributed by atoms with van der Waals surface area (Å²) in [5.74, 6) is 0.832. The predicted octanol–water partition coefficient (Wildman–Crippen LogP) is 6.01. The number of hydrogen-bond acceptors (Lipinski definition) is 5. The Morgan fingerprint density at radius 1 is 0.865 bits per heavy atom. The smallest absolute Gasteiger partial charge is 0.386 e. The van der Waals surface area contributed by atoms with Crippen LogP contribution in [0.15, 0.2) is 66.9 Å². The zero-order valence-corrected chi connectivity index (χ0v) is 21.4. The molecule has 0 bridgehead atoms. The molecule has 0 unspecified atom stereocenters. The van der Waals surface area contributed by atoms with Crippen LogP contribution in [0.1, 0.15) is 37.8 Å². The summed E-state index contributed by atoms with van der Waals surface area (Å²) < 4.78 is 39.0. The van der Waals surface area contributed by atoms with E-state index in [0.717, 1.165) is 80.7 Å². The molecule has 8 heteroatoms. The first-order valence-electron chi connectivity index (χ1n) is 12.8. The van der Waals surface area contributed by atoms with Crippen LogP contribution in [0.2, 0.25) is 0 Å². The Morgan fingerprint density at radius 3 is 2.27 bits per heavy atom. The van der Waals surface area contributed by atoms with Crippen LogP contribution in [0.25, 0.3) is 11.1 Å². The average molecular weight is 513 g/mol. The van der Waals surface area contributed by atoms with E-state index in [1.54, 1.807) is 26.1 Å². The number of rotatable bonds is 9. The van der Waals surface area contributed by atoms with E-state index in [1.165, 1.54) is 12.1 Å². The van der Waals surface area contributed by atoms with E-state index in [9.17, 15) is 18.3 Å². The van der Waals surface area contributed by atoms with Gasteiger partial charge in [0.2, 0.25) is 0 Å². The van der Waals surface area contributed by atoms with Crippen molar-refractivity contribution in [2.75, 3.05) is 49.5 Å². The molecule has 3 aromatic rings. The Kier molecular flexibility index (Phi) is 8.39. The maximum absolute atomic E-state index is 13.0. The number of halogens is 3. The van der Waals surface area contributed by atoms with Crippen LogP contribution in [-0.2, 0) is 11.8 Å².